The molecule has 0 heterocycles. The van der Waals surface area contributed by atoms with Crippen LogP contribution < -0.4 is 15.5 Å². The molecule has 0 unspecified atom stereocenters. The molecule has 0 atom stereocenters. The van der Waals surface area contributed by atoms with E-state index in [2.05, 4.69) is 28.0 Å². The summed E-state index contributed by atoms with van der Waals surface area (Å²) in [4.78, 5) is 23.8. The highest BCUT2D eigenvalue weighted by atomic mass is 16.5. The monoisotopic (exact) mass is 415 g/mol. The number of carbonyl (C=O) groups excluding carboxylic acids is 2. The maximum absolute atomic E-state index is 11.9. The first-order chi connectivity index (χ1) is 15.0. The molecule has 0 spiro atoms. The number of rotatable bonds is 7. The van der Waals surface area contributed by atoms with Crippen LogP contribution in [0.2, 0.25) is 0 Å². The molecular weight excluding hydrogens is 390 g/mol. The Morgan fingerprint density at radius 3 is 2.16 bits per heavy atom. The lowest BCUT2D eigenvalue weighted by atomic mass is 10.1. The van der Waals surface area contributed by atoms with Gasteiger partial charge in [0.1, 0.15) is 12.4 Å². The fourth-order valence-electron chi connectivity index (χ4n) is 2.73. The van der Waals surface area contributed by atoms with Crippen molar-refractivity contribution in [1.29, 1.82) is 0 Å². The molecule has 0 aliphatic rings. The van der Waals surface area contributed by atoms with E-state index in [0.717, 1.165) is 28.9 Å². The number of anilines is 1. The van der Waals surface area contributed by atoms with Crippen molar-refractivity contribution in [2.24, 2.45) is 5.10 Å². The van der Waals surface area contributed by atoms with Gasteiger partial charge in [0.2, 0.25) is 0 Å². The van der Waals surface area contributed by atoms with Gasteiger partial charge in [-0.2, -0.15) is 5.10 Å². The predicted octanol–water partition coefficient (Wildman–Crippen LogP) is 4.23. The topological polar surface area (TPSA) is 79.8 Å². The van der Waals surface area contributed by atoms with Crippen LogP contribution >= 0.6 is 0 Å². The van der Waals surface area contributed by atoms with E-state index in [1.165, 1.54) is 11.8 Å². The molecule has 2 N–H and O–H groups in total. The highest BCUT2D eigenvalue weighted by Gasteiger charge is 2.12. The van der Waals surface area contributed by atoms with Crippen molar-refractivity contribution < 1.29 is 14.3 Å². The first-order valence-electron chi connectivity index (χ1n) is 10.0. The molecule has 2 amide bonds. The SMILES string of the molecule is CCc1ccc(NC(=O)C(=O)N/N=C\c2ccc(OCc3ccc(C)cc3)cc2)cc1. The molecule has 158 valence electrons. The van der Waals surface area contributed by atoms with Crippen molar-refractivity contribution in [1.82, 2.24) is 5.43 Å². The van der Waals surface area contributed by atoms with Crippen LogP contribution in [0.25, 0.3) is 0 Å². The summed E-state index contributed by atoms with van der Waals surface area (Å²) in [7, 11) is 0. The number of aryl methyl sites for hydroxylation is 2. The van der Waals surface area contributed by atoms with E-state index in [0.29, 0.717) is 12.3 Å². The van der Waals surface area contributed by atoms with Crippen molar-refractivity contribution in [3.8, 4) is 5.75 Å². The van der Waals surface area contributed by atoms with Crippen molar-refractivity contribution >= 4 is 23.7 Å². The van der Waals surface area contributed by atoms with E-state index in [-0.39, 0.29) is 0 Å². The smallest absolute Gasteiger partial charge is 0.329 e. The first-order valence-corrected chi connectivity index (χ1v) is 10.0. The molecule has 0 saturated carbocycles. The minimum Gasteiger partial charge on any atom is -0.489 e. The fraction of sp³-hybridized carbons (Fsp3) is 0.160. The Balaban J connectivity index is 1.45. The van der Waals surface area contributed by atoms with Crippen LogP contribution in [0.4, 0.5) is 5.69 Å². The fourth-order valence-corrected chi connectivity index (χ4v) is 2.73. The van der Waals surface area contributed by atoms with E-state index in [9.17, 15) is 9.59 Å². The molecule has 0 aliphatic carbocycles. The summed E-state index contributed by atoms with van der Waals surface area (Å²) in [5, 5.41) is 6.38. The number of amides is 2. The minimum absolute atomic E-state index is 0.486. The number of hydrazone groups is 1. The van der Waals surface area contributed by atoms with Crippen LogP contribution in [0.15, 0.2) is 77.9 Å². The van der Waals surface area contributed by atoms with Crippen LogP contribution in [-0.4, -0.2) is 18.0 Å². The average Bonchev–Trinajstić information content (AvgIpc) is 2.80. The molecule has 6 heteroatoms. The Morgan fingerprint density at radius 1 is 0.871 bits per heavy atom. The maximum atomic E-state index is 11.9. The second-order valence-electron chi connectivity index (χ2n) is 7.05. The lowest BCUT2D eigenvalue weighted by molar-refractivity contribution is -0.136. The second-order valence-corrected chi connectivity index (χ2v) is 7.05. The van der Waals surface area contributed by atoms with E-state index in [1.54, 1.807) is 12.1 Å². The summed E-state index contributed by atoms with van der Waals surface area (Å²) in [6, 6.07) is 22.8. The Labute approximate surface area is 182 Å². The summed E-state index contributed by atoms with van der Waals surface area (Å²) in [6.07, 6.45) is 2.37. The Kier molecular flexibility index (Phi) is 7.54. The van der Waals surface area contributed by atoms with E-state index >= 15 is 0 Å². The van der Waals surface area contributed by atoms with Gasteiger partial charge < -0.3 is 10.1 Å². The third-order valence-corrected chi connectivity index (χ3v) is 4.61. The third-order valence-electron chi connectivity index (χ3n) is 4.61. The van der Waals surface area contributed by atoms with Crippen molar-refractivity contribution in [3.63, 3.8) is 0 Å². The predicted molar refractivity (Wildman–Crippen MR) is 122 cm³/mol. The number of benzene rings is 3. The van der Waals surface area contributed by atoms with Gasteiger partial charge in [0.05, 0.1) is 6.21 Å². The minimum atomic E-state index is -0.839. The number of hydrogen-bond donors (Lipinski definition) is 2. The molecule has 0 saturated heterocycles. The summed E-state index contributed by atoms with van der Waals surface area (Å²) < 4.78 is 5.76. The lowest BCUT2D eigenvalue weighted by Gasteiger charge is -2.07. The molecular formula is C25H25N3O3. The number of hydrogen-bond acceptors (Lipinski definition) is 4. The molecule has 6 nitrogen and oxygen atoms in total. The van der Waals surface area contributed by atoms with Crippen LogP contribution in [0.1, 0.15) is 29.2 Å². The van der Waals surface area contributed by atoms with Gasteiger partial charge in [0, 0.05) is 5.69 Å². The summed E-state index contributed by atoms with van der Waals surface area (Å²) >= 11 is 0. The number of ether oxygens (including phenoxy) is 1. The van der Waals surface area contributed by atoms with Crippen LogP contribution in [0.3, 0.4) is 0 Å². The van der Waals surface area contributed by atoms with Gasteiger partial charge in [-0.3, -0.25) is 9.59 Å². The number of nitrogens with one attached hydrogen (secondary N) is 2. The molecule has 3 rings (SSSR count). The van der Waals surface area contributed by atoms with E-state index < -0.39 is 11.8 Å². The van der Waals surface area contributed by atoms with Gasteiger partial charge in [-0.1, -0.05) is 48.9 Å². The highest BCUT2D eigenvalue weighted by Crippen LogP contribution is 2.14. The Morgan fingerprint density at radius 2 is 1.52 bits per heavy atom. The largest absolute Gasteiger partial charge is 0.489 e. The zero-order valence-corrected chi connectivity index (χ0v) is 17.6. The number of nitrogens with zero attached hydrogens (tertiary/aromatic N) is 1. The Hall–Kier alpha value is -3.93. The zero-order valence-electron chi connectivity index (χ0n) is 17.6. The molecule has 3 aromatic carbocycles. The Bertz CT molecular complexity index is 1040. The van der Waals surface area contributed by atoms with Crippen LogP contribution in [0, 0.1) is 6.92 Å². The van der Waals surface area contributed by atoms with Crippen molar-refractivity contribution in [2.75, 3.05) is 5.32 Å². The van der Waals surface area contributed by atoms with Crippen LogP contribution in [-0.2, 0) is 22.6 Å². The van der Waals surface area contributed by atoms with Crippen molar-refractivity contribution in [3.05, 3.63) is 95.1 Å². The van der Waals surface area contributed by atoms with E-state index in [1.807, 2.05) is 62.4 Å². The normalized spacial score (nSPS) is 10.6. The summed E-state index contributed by atoms with van der Waals surface area (Å²) in [5.74, 6) is -0.884. The number of carbonyl (C=O) groups is 2. The standard InChI is InChI=1S/C25H25N3O3/c1-3-19-8-12-22(13-9-19)27-24(29)25(30)28-26-16-20-10-14-23(15-11-20)31-17-21-6-4-18(2)5-7-21/h4-16H,3,17H2,1-2H3,(H,27,29)(H,28,30)/b26-16-. The highest BCUT2D eigenvalue weighted by molar-refractivity contribution is 6.39. The molecule has 0 aliphatic heterocycles. The third kappa shape index (κ3) is 6.82. The molecule has 0 radical (unpaired) electrons. The molecule has 3 aromatic rings. The van der Waals surface area contributed by atoms with Crippen molar-refractivity contribution in [2.45, 2.75) is 26.9 Å². The van der Waals surface area contributed by atoms with Gasteiger partial charge in [-0.15, -0.1) is 0 Å². The molecule has 0 bridgehead atoms. The zero-order chi connectivity index (χ0) is 22.1. The van der Waals surface area contributed by atoms with E-state index in [4.69, 9.17) is 4.74 Å². The summed E-state index contributed by atoms with van der Waals surface area (Å²) in [6.45, 7) is 4.58. The van der Waals surface area contributed by atoms with Gasteiger partial charge in [-0.05, 0) is 66.4 Å². The second kappa shape index (κ2) is 10.7. The molecule has 0 aromatic heterocycles. The quantitative estimate of drug-likeness (QED) is 0.344. The first kappa shape index (κ1) is 21.8. The van der Waals surface area contributed by atoms with Gasteiger partial charge in [-0.25, -0.2) is 5.43 Å². The maximum Gasteiger partial charge on any atom is 0.329 e. The summed E-state index contributed by atoms with van der Waals surface area (Å²) in [5.41, 5.74) is 7.01. The van der Waals surface area contributed by atoms with Gasteiger partial charge in [0.15, 0.2) is 0 Å². The molecule has 31 heavy (non-hydrogen) atoms. The average molecular weight is 415 g/mol. The molecule has 0 fully saturated rings. The van der Waals surface area contributed by atoms with Gasteiger partial charge >= 0.3 is 11.8 Å². The van der Waals surface area contributed by atoms with Crippen LogP contribution in [0.5, 0.6) is 5.75 Å². The lowest BCUT2D eigenvalue weighted by Crippen LogP contribution is -2.32. The van der Waals surface area contributed by atoms with Gasteiger partial charge in [0.25, 0.3) is 0 Å².